The average molecular weight is 167 g/mol. The number of carbonyl (C=O) groups excluding carboxylic acids is 1. The van der Waals surface area contributed by atoms with Gasteiger partial charge in [-0.15, -0.1) is 0 Å². The molecule has 0 heterocycles. The van der Waals surface area contributed by atoms with Gasteiger partial charge >= 0.3 is 0 Å². The number of carboxylic acids is 1. The molecule has 0 aliphatic carbocycles. The summed E-state index contributed by atoms with van der Waals surface area (Å²) < 4.78 is 0. The molecule has 0 aromatic heterocycles. The second-order valence-electron chi connectivity index (χ2n) is 2.32. The van der Waals surface area contributed by atoms with Crippen molar-refractivity contribution in [2.75, 3.05) is 0 Å². The number of rotatable bonds is 2. The molecule has 0 unspecified atom stereocenters. The maximum atomic E-state index is 10.2. The van der Waals surface area contributed by atoms with Gasteiger partial charge in [-0.05, 0) is 17.7 Å². The van der Waals surface area contributed by atoms with Gasteiger partial charge in [-0.3, -0.25) is 0 Å². The van der Waals surface area contributed by atoms with Crippen LogP contribution in [0.2, 0.25) is 0 Å². The summed E-state index contributed by atoms with van der Waals surface area (Å²) >= 11 is 0. The van der Waals surface area contributed by atoms with Crippen LogP contribution in [-0.2, 0) is 4.79 Å². The molecule has 0 saturated carbocycles. The van der Waals surface area contributed by atoms with E-state index >= 15 is 0 Å². The van der Waals surface area contributed by atoms with Gasteiger partial charge in [-0.2, -0.15) is 0 Å². The van der Waals surface area contributed by atoms with Crippen LogP contribution in [0.15, 0.2) is 24.3 Å². The molecule has 2 N–H and O–H groups in total. The molecule has 1 rings (SSSR count). The van der Waals surface area contributed by atoms with E-state index < -0.39 is 12.1 Å². The third-order valence-electron chi connectivity index (χ3n) is 1.41. The minimum atomic E-state index is -1.68. The molecule has 64 valence electrons. The summed E-state index contributed by atoms with van der Waals surface area (Å²) in [5.74, 6) is -1.67. The first-order chi connectivity index (χ1) is 5.61. The highest BCUT2D eigenvalue weighted by atomic mass is 16.4. The van der Waals surface area contributed by atoms with Crippen LogP contribution < -0.4 is 5.11 Å². The van der Waals surface area contributed by atoms with Crippen molar-refractivity contribution < 1.29 is 20.1 Å². The fourth-order valence-electron chi connectivity index (χ4n) is 0.831. The van der Waals surface area contributed by atoms with Crippen LogP contribution in [0.1, 0.15) is 11.7 Å². The first-order valence-electron chi connectivity index (χ1n) is 3.29. The predicted molar refractivity (Wildman–Crippen MR) is 38.1 cm³/mol. The second kappa shape index (κ2) is 3.23. The van der Waals surface area contributed by atoms with Gasteiger partial charge < -0.3 is 20.1 Å². The lowest BCUT2D eigenvalue weighted by atomic mass is 10.1. The molecule has 0 spiro atoms. The first-order valence-corrected chi connectivity index (χ1v) is 3.29. The highest BCUT2D eigenvalue weighted by molar-refractivity contribution is 5.72. The molecule has 0 radical (unpaired) electrons. The lowest BCUT2D eigenvalue weighted by Gasteiger charge is -2.11. The Bertz CT molecular complexity index is 295. The van der Waals surface area contributed by atoms with E-state index in [4.69, 9.17) is 10.2 Å². The largest absolute Gasteiger partial charge is 0.547 e. The summed E-state index contributed by atoms with van der Waals surface area (Å²) in [5, 5.41) is 28.0. The highest BCUT2D eigenvalue weighted by Crippen LogP contribution is 2.17. The maximum Gasteiger partial charge on any atom is 0.118 e. The summed E-state index contributed by atoms with van der Waals surface area (Å²) in [4.78, 5) is 10.2. The minimum Gasteiger partial charge on any atom is -0.547 e. The molecule has 0 bridgehead atoms. The lowest BCUT2D eigenvalue weighted by Crippen LogP contribution is -2.29. The van der Waals surface area contributed by atoms with Crippen LogP contribution in [0.4, 0.5) is 0 Å². The zero-order valence-electron chi connectivity index (χ0n) is 6.10. The van der Waals surface area contributed by atoms with Crippen LogP contribution in [0.3, 0.4) is 0 Å². The standard InChI is InChI=1S/C8H8O4/c9-6-3-1-2-5(4-6)7(10)8(11)12/h1-4,7,9-10H,(H,11,12)/p-1/t7-/m1/s1. The zero-order chi connectivity index (χ0) is 9.14. The number of hydrogen-bond donors (Lipinski definition) is 2. The Morgan fingerprint density at radius 3 is 2.67 bits per heavy atom. The number of hydrogen-bond acceptors (Lipinski definition) is 4. The SMILES string of the molecule is O=C([O-])[C@H](O)c1cccc(O)c1. The number of carbonyl (C=O) groups is 1. The lowest BCUT2D eigenvalue weighted by molar-refractivity contribution is -0.315. The number of phenolic OH excluding ortho intramolecular Hbond substituents is 1. The number of carboxylic acid groups (broad SMARTS) is 1. The molecule has 0 amide bonds. The van der Waals surface area contributed by atoms with Gasteiger partial charge in [0, 0.05) is 0 Å². The van der Waals surface area contributed by atoms with E-state index in [1.165, 1.54) is 24.3 Å². The van der Waals surface area contributed by atoms with Crippen molar-refractivity contribution >= 4 is 5.97 Å². The first kappa shape index (κ1) is 8.55. The van der Waals surface area contributed by atoms with Crippen LogP contribution in [0.25, 0.3) is 0 Å². The van der Waals surface area contributed by atoms with Gasteiger partial charge in [0.15, 0.2) is 0 Å². The molecular weight excluding hydrogens is 160 g/mol. The van der Waals surface area contributed by atoms with E-state index in [0.717, 1.165) is 0 Å². The molecule has 1 aromatic carbocycles. The van der Waals surface area contributed by atoms with Crippen molar-refractivity contribution in [3.63, 3.8) is 0 Å². The van der Waals surface area contributed by atoms with Crippen molar-refractivity contribution in [1.29, 1.82) is 0 Å². The molecule has 12 heavy (non-hydrogen) atoms. The predicted octanol–water partition coefficient (Wildman–Crippen LogP) is -0.825. The molecule has 0 saturated heterocycles. The zero-order valence-corrected chi connectivity index (χ0v) is 6.10. The number of aliphatic hydroxyl groups excluding tert-OH is 1. The Kier molecular flexibility index (Phi) is 2.30. The summed E-state index contributed by atoms with van der Waals surface area (Å²) in [6.07, 6.45) is -1.68. The number of aliphatic carboxylic acids is 1. The summed E-state index contributed by atoms with van der Waals surface area (Å²) in [5.41, 5.74) is 0.106. The van der Waals surface area contributed by atoms with E-state index in [9.17, 15) is 9.90 Å². The van der Waals surface area contributed by atoms with Gasteiger partial charge in [0.05, 0.1) is 5.97 Å². The van der Waals surface area contributed by atoms with E-state index in [1.54, 1.807) is 0 Å². The van der Waals surface area contributed by atoms with Gasteiger partial charge in [0.25, 0.3) is 0 Å². The fourth-order valence-corrected chi connectivity index (χ4v) is 0.831. The van der Waals surface area contributed by atoms with E-state index in [1.807, 2.05) is 0 Å². The van der Waals surface area contributed by atoms with Crippen molar-refractivity contribution in [2.24, 2.45) is 0 Å². The molecule has 4 heteroatoms. The number of benzene rings is 1. The second-order valence-corrected chi connectivity index (χ2v) is 2.32. The normalized spacial score (nSPS) is 12.4. The van der Waals surface area contributed by atoms with E-state index in [2.05, 4.69) is 0 Å². The Balaban J connectivity index is 2.95. The van der Waals surface area contributed by atoms with Crippen molar-refractivity contribution in [1.82, 2.24) is 0 Å². The van der Waals surface area contributed by atoms with Gasteiger partial charge in [0.1, 0.15) is 11.9 Å². The molecule has 1 aromatic rings. The molecular formula is C8H7O4-. The number of aliphatic hydroxyl groups is 1. The van der Waals surface area contributed by atoms with Crippen LogP contribution in [0, 0.1) is 0 Å². The Morgan fingerprint density at radius 2 is 2.17 bits per heavy atom. The third-order valence-corrected chi connectivity index (χ3v) is 1.41. The molecule has 0 aliphatic heterocycles. The summed E-state index contributed by atoms with van der Waals surface area (Å²) in [6, 6.07) is 5.38. The molecule has 1 atom stereocenters. The summed E-state index contributed by atoms with van der Waals surface area (Å²) in [7, 11) is 0. The quantitative estimate of drug-likeness (QED) is 0.602. The van der Waals surface area contributed by atoms with Gasteiger partial charge in [-0.1, -0.05) is 12.1 Å². The van der Waals surface area contributed by atoms with Crippen molar-refractivity contribution in [3.05, 3.63) is 29.8 Å². The Labute approximate surface area is 68.7 Å². The maximum absolute atomic E-state index is 10.2. The van der Waals surface area contributed by atoms with Crippen LogP contribution >= 0.6 is 0 Å². The number of phenols is 1. The van der Waals surface area contributed by atoms with Crippen molar-refractivity contribution in [3.8, 4) is 5.75 Å². The monoisotopic (exact) mass is 167 g/mol. The summed E-state index contributed by atoms with van der Waals surface area (Å²) in [6.45, 7) is 0. The van der Waals surface area contributed by atoms with Gasteiger partial charge in [0.2, 0.25) is 0 Å². The van der Waals surface area contributed by atoms with Gasteiger partial charge in [-0.25, -0.2) is 0 Å². The van der Waals surface area contributed by atoms with Crippen molar-refractivity contribution in [2.45, 2.75) is 6.10 Å². The third kappa shape index (κ3) is 1.73. The molecule has 0 aliphatic rings. The fraction of sp³-hybridized carbons (Fsp3) is 0.125. The molecule has 4 nitrogen and oxygen atoms in total. The van der Waals surface area contributed by atoms with E-state index in [-0.39, 0.29) is 11.3 Å². The Hall–Kier alpha value is -1.55. The van der Waals surface area contributed by atoms with Crippen LogP contribution in [-0.4, -0.2) is 16.2 Å². The number of aromatic hydroxyl groups is 1. The minimum absolute atomic E-state index is 0.0900. The Morgan fingerprint density at radius 1 is 1.50 bits per heavy atom. The average Bonchev–Trinajstić information content (AvgIpc) is 2.03. The van der Waals surface area contributed by atoms with Crippen LogP contribution in [0.5, 0.6) is 5.75 Å². The highest BCUT2D eigenvalue weighted by Gasteiger charge is 2.07. The van der Waals surface area contributed by atoms with E-state index in [0.29, 0.717) is 0 Å². The molecule has 0 fully saturated rings. The topological polar surface area (TPSA) is 80.6 Å². The smallest absolute Gasteiger partial charge is 0.118 e.